The Hall–Kier alpha value is -5.99. The van der Waals surface area contributed by atoms with Gasteiger partial charge in [0.25, 0.3) is 0 Å². The molecule has 216 valence electrons. The first-order valence-corrected chi connectivity index (χ1v) is 15.8. The summed E-state index contributed by atoms with van der Waals surface area (Å²) in [5.41, 5.74) is 11.8. The van der Waals surface area contributed by atoms with Crippen molar-refractivity contribution in [1.82, 2.24) is 9.55 Å². The summed E-state index contributed by atoms with van der Waals surface area (Å²) in [7, 11) is 0. The van der Waals surface area contributed by atoms with Gasteiger partial charge in [-0.15, -0.1) is 0 Å². The molecule has 0 fully saturated rings. The van der Waals surface area contributed by atoms with E-state index >= 15 is 0 Å². The maximum Gasteiger partial charge on any atom is 0.0731 e. The Morgan fingerprint density at radius 3 is 2.11 bits per heavy atom. The number of hydrogen-bond acceptors (Lipinski definition) is 1. The van der Waals surface area contributed by atoms with Crippen molar-refractivity contribution in [3.63, 3.8) is 0 Å². The van der Waals surface area contributed by atoms with Crippen molar-refractivity contribution in [1.29, 1.82) is 0 Å². The Bertz CT molecular complexity index is 2590. The Balaban J connectivity index is 1.27. The number of hydrogen-bond donors (Lipinski definition) is 0. The first kappa shape index (κ1) is 26.4. The summed E-state index contributed by atoms with van der Waals surface area (Å²) in [6.07, 6.45) is 1.87. The van der Waals surface area contributed by atoms with E-state index in [4.69, 9.17) is 0 Å². The highest BCUT2D eigenvalue weighted by Crippen LogP contribution is 2.40. The van der Waals surface area contributed by atoms with Gasteiger partial charge in [0.1, 0.15) is 0 Å². The maximum atomic E-state index is 4.68. The average Bonchev–Trinajstić information content (AvgIpc) is 3.46. The quantitative estimate of drug-likeness (QED) is 0.201. The molecule has 0 atom stereocenters. The van der Waals surface area contributed by atoms with Crippen LogP contribution in [-0.2, 0) is 0 Å². The summed E-state index contributed by atoms with van der Waals surface area (Å²) in [4.78, 5) is 4.68. The number of para-hydroxylation sites is 1. The molecule has 46 heavy (non-hydrogen) atoms. The van der Waals surface area contributed by atoms with Crippen molar-refractivity contribution in [3.05, 3.63) is 169 Å². The van der Waals surface area contributed by atoms with Crippen molar-refractivity contribution < 1.29 is 0 Å². The number of benzene rings is 7. The van der Waals surface area contributed by atoms with Crippen LogP contribution in [0.25, 0.3) is 82.5 Å². The number of aromatic nitrogens is 2. The monoisotopic (exact) mass is 586 g/mol. The van der Waals surface area contributed by atoms with Gasteiger partial charge in [-0.2, -0.15) is 0 Å². The molecule has 2 aromatic heterocycles. The molecule has 2 heterocycles. The molecule has 0 spiro atoms. The molecule has 0 N–H and O–H groups in total. The minimum atomic E-state index is 1.03. The highest BCUT2D eigenvalue weighted by atomic mass is 15.0. The third kappa shape index (κ3) is 4.22. The first-order valence-electron chi connectivity index (χ1n) is 15.8. The zero-order valence-electron chi connectivity index (χ0n) is 25.5. The van der Waals surface area contributed by atoms with Gasteiger partial charge in [0, 0.05) is 33.6 Å². The Kier molecular flexibility index (Phi) is 6.07. The van der Waals surface area contributed by atoms with Gasteiger partial charge < -0.3 is 4.57 Å². The molecule has 0 amide bonds. The van der Waals surface area contributed by atoms with Gasteiger partial charge in [-0.25, -0.2) is 0 Å². The number of aryl methyl sites for hydroxylation is 1. The summed E-state index contributed by atoms with van der Waals surface area (Å²) in [5.74, 6) is 0. The van der Waals surface area contributed by atoms with Crippen LogP contribution < -0.4 is 0 Å². The van der Waals surface area contributed by atoms with Crippen LogP contribution in [0.4, 0.5) is 0 Å². The van der Waals surface area contributed by atoms with E-state index in [1.165, 1.54) is 71.2 Å². The van der Waals surface area contributed by atoms with Gasteiger partial charge >= 0.3 is 0 Å². The molecular weight excluding hydrogens is 556 g/mol. The standard InChI is InChI=1S/C44H30N2/c1-29-10-9-25-45-43(29)35-14-7-13-31(26-35)32-19-23-40-41-24-21-34-27-33(38-18-8-12-30-11-5-6-17-37(30)38)20-22-39(34)44(41)46(42(40)28-32)36-15-3-2-4-16-36/h2-28H,1H3. The smallest absolute Gasteiger partial charge is 0.0731 e. The van der Waals surface area contributed by atoms with Crippen LogP contribution in [0.3, 0.4) is 0 Å². The molecule has 7 aromatic carbocycles. The molecule has 0 saturated carbocycles. The number of nitrogens with zero attached hydrogens (tertiary/aromatic N) is 2. The summed E-state index contributed by atoms with van der Waals surface area (Å²) < 4.78 is 2.45. The van der Waals surface area contributed by atoms with E-state index in [2.05, 4.69) is 168 Å². The van der Waals surface area contributed by atoms with Gasteiger partial charge in [0.15, 0.2) is 0 Å². The highest BCUT2D eigenvalue weighted by molar-refractivity contribution is 6.19. The molecule has 0 radical (unpaired) electrons. The first-order chi connectivity index (χ1) is 22.7. The van der Waals surface area contributed by atoms with E-state index in [1.54, 1.807) is 0 Å². The summed E-state index contributed by atoms with van der Waals surface area (Å²) in [5, 5.41) is 7.52. The third-order valence-corrected chi connectivity index (χ3v) is 9.34. The lowest BCUT2D eigenvalue weighted by Gasteiger charge is -2.12. The van der Waals surface area contributed by atoms with E-state index in [-0.39, 0.29) is 0 Å². The zero-order chi connectivity index (χ0) is 30.6. The molecule has 9 rings (SSSR count). The van der Waals surface area contributed by atoms with Crippen LogP contribution in [0.2, 0.25) is 0 Å². The SMILES string of the molecule is Cc1cccnc1-c1cccc(-c2ccc3c4ccc5cc(-c6cccc7ccccc67)ccc5c4n(-c4ccccc4)c3c2)c1. The van der Waals surface area contributed by atoms with Crippen molar-refractivity contribution in [3.8, 4) is 39.2 Å². The van der Waals surface area contributed by atoms with Crippen LogP contribution in [0.5, 0.6) is 0 Å². The van der Waals surface area contributed by atoms with Crippen LogP contribution in [-0.4, -0.2) is 9.55 Å². The summed E-state index contributed by atoms with van der Waals surface area (Å²) in [6.45, 7) is 2.12. The molecule has 2 nitrogen and oxygen atoms in total. The summed E-state index contributed by atoms with van der Waals surface area (Å²) >= 11 is 0. The van der Waals surface area contributed by atoms with Gasteiger partial charge in [-0.1, -0.05) is 121 Å². The zero-order valence-corrected chi connectivity index (χ0v) is 25.5. The van der Waals surface area contributed by atoms with Crippen LogP contribution in [0.15, 0.2) is 164 Å². The minimum absolute atomic E-state index is 1.03. The van der Waals surface area contributed by atoms with Gasteiger partial charge in [-0.3, -0.25) is 4.98 Å². The third-order valence-electron chi connectivity index (χ3n) is 9.34. The molecule has 0 saturated heterocycles. The topological polar surface area (TPSA) is 17.8 Å². The lowest BCUT2D eigenvalue weighted by Crippen LogP contribution is -1.94. The van der Waals surface area contributed by atoms with Gasteiger partial charge in [0.05, 0.1) is 16.7 Å². The van der Waals surface area contributed by atoms with E-state index in [0.29, 0.717) is 0 Å². The Labute approximate surface area is 267 Å². The van der Waals surface area contributed by atoms with Crippen LogP contribution in [0.1, 0.15) is 5.56 Å². The van der Waals surface area contributed by atoms with Gasteiger partial charge in [0.2, 0.25) is 0 Å². The number of rotatable bonds is 4. The van der Waals surface area contributed by atoms with Crippen LogP contribution in [0, 0.1) is 6.92 Å². The van der Waals surface area contributed by atoms with Crippen LogP contribution >= 0.6 is 0 Å². The predicted molar refractivity (Wildman–Crippen MR) is 195 cm³/mol. The normalized spacial score (nSPS) is 11.6. The molecule has 2 heteroatoms. The fraction of sp³-hybridized carbons (Fsp3) is 0.0227. The van der Waals surface area contributed by atoms with E-state index < -0.39 is 0 Å². The second-order valence-corrected chi connectivity index (χ2v) is 12.1. The predicted octanol–water partition coefficient (Wildman–Crippen LogP) is 11.8. The van der Waals surface area contributed by atoms with E-state index in [1.807, 2.05) is 12.3 Å². The van der Waals surface area contributed by atoms with E-state index in [9.17, 15) is 0 Å². The van der Waals surface area contributed by atoms with Crippen molar-refractivity contribution in [2.45, 2.75) is 6.92 Å². The van der Waals surface area contributed by atoms with Crippen molar-refractivity contribution in [2.75, 3.05) is 0 Å². The Morgan fingerprint density at radius 2 is 1.20 bits per heavy atom. The lowest BCUT2D eigenvalue weighted by molar-refractivity contribution is 1.19. The minimum Gasteiger partial charge on any atom is -0.309 e. The molecule has 0 aliphatic carbocycles. The highest BCUT2D eigenvalue weighted by Gasteiger charge is 2.17. The second-order valence-electron chi connectivity index (χ2n) is 12.1. The molecule has 0 unspecified atom stereocenters. The maximum absolute atomic E-state index is 4.68. The molecule has 0 bridgehead atoms. The average molecular weight is 587 g/mol. The largest absolute Gasteiger partial charge is 0.309 e. The number of fused-ring (bicyclic) bond motifs is 6. The second kappa shape index (κ2) is 10.6. The Morgan fingerprint density at radius 1 is 0.457 bits per heavy atom. The fourth-order valence-corrected chi connectivity index (χ4v) is 7.14. The summed E-state index contributed by atoms with van der Waals surface area (Å²) in [6, 6.07) is 57.2. The number of pyridine rings is 1. The fourth-order valence-electron chi connectivity index (χ4n) is 7.14. The van der Waals surface area contributed by atoms with Gasteiger partial charge in [-0.05, 0) is 87.3 Å². The molecule has 9 aromatic rings. The lowest BCUT2D eigenvalue weighted by atomic mass is 9.95. The van der Waals surface area contributed by atoms with E-state index in [0.717, 1.165) is 16.9 Å². The molecular formula is C44H30N2. The molecule has 0 aliphatic rings. The van der Waals surface area contributed by atoms with Crippen molar-refractivity contribution >= 4 is 43.4 Å². The van der Waals surface area contributed by atoms with Crippen molar-refractivity contribution in [2.24, 2.45) is 0 Å². The molecule has 0 aliphatic heterocycles.